The summed E-state index contributed by atoms with van der Waals surface area (Å²) in [5, 5.41) is 20.2. The molecular formula is C21H28N4O3. The fourth-order valence-electron chi connectivity index (χ4n) is 3.19. The number of nitrogens with zero attached hydrogens (tertiary/aromatic N) is 2. The number of aliphatic hydroxyl groups excluding tert-OH is 1. The molecule has 7 nitrogen and oxygen atoms in total. The minimum Gasteiger partial charge on any atom is -0.491 e. The Balaban J connectivity index is 1.78. The number of benzene rings is 1. The number of nitrogens with one attached hydrogen (secondary N) is 2. The molecule has 1 aromatic heterocycles. The van der Waals surface area contributed by atoms with Crippen LogP contribution in [0, 0.1) is 5.41 Å². The zero-order valence-electron chi connectivity index (χ0n) is 16.4. The van der Waals surface area contributed by atoms with Gasteiger partial charge >= 0.3 is 0 Å². The molecule has 7 heteroatoms. The highest BCUT2D eigenvalue weighted by Gasteiger charge is 2.21. The number of hydrogen-bond acceptors (Lipinski definition) is 7. The van der Waals surface area contributed by atoms with Crippen LogP contribution < -0.4 is 15.0 Å². The predicted octanol–water partition coefficient (Wildman–Crippen LogP) is 3.20. The molecule has 1 aromatic carbocycles. The number of rotatable bonds is 8. The van der Waals surface area contributed by atoms with Crippen LogP contribution in [0.5, 0.6) is 5.75 Å². The third-order valence-corrected chi connectivity index (χ3v) is 4.49. The van der Waals surface area contributed by atoms with E-state index in [9.17, 15) is 0 Å². The molecule has 28 heavy (non-hydrogen) atoms. The molecule has 3 rings (SSSR count). The molecule has 1 fully saturated rings. The molecule has 1 unspecified atom stereocenters. The summed E-state index contributed by atoms with van der Waals surface area (Å²) in [6, 6.07) is 9.55. The van der Waals surface area contributed by atoms with E-state index >= 15 is 0 Å². The maximum atomic E-state index is 9.16. The monoisotopic (exact) mass is 384 g/mol. The fourth-order valence-corrected chi connectivity index (χ4v) is 3.19. The average Bonchev–Trinajstić information content (AvgIpc) is 2.68. The number of pyridine rings is 1. The van der Waals surface area contributed by atoms with Gasteiger partial charge in [0.05, 0.1) is 24.5 Å². The minimum absolute atomic E-state index is 0.0200. The molecule has 0 saturated carbocycles. The second kappa shape index (κ2) is 9.52. The summed E-state index contributed by atoms with van der Waals surface area (Å²) >= 11 is 0. The highest BCUT2D eigenvalue weighted by Crippen LogP contribution is 2.27. The summed E-state index contributed by atoms with van der Waals surface area (Å²) in [5.74, 6) is 1.62. The van der Waals surface area contributed by atoms with Gasteiger partial charge in [-0.2, -0.15) is 0 Å². The van der Waals surface area contributed by atoms with Crippen molar-refractivity contribution in [2.45, 2.75) is 32.5 Å². The maximum absolute atomic E-state index is 9.16. The molecule has 2 heterocycles. The molecule has 3 N–H and O–H groups in total. The number of ether oxygens (including phenoxy) is 2. The van der Waals surface area contributed by atoms with Crippen molar-refractivity contribution in [3.05, 3.63) is 42.1 Å². The van der Waals surface area contributed by atoms with Crippen molar-refractivity contribution in [3.63, 3.8) is 0 Å². The Morgan fingerprint density at radius 3 is 3.00 bits per heavy atom. The Kier molecular flexibility index (Phi) is 6.84. The molecule has 1 aliphatic heterocycles. The first-order chi connectivity index (χ1) is 13.6. The Bertz CT molecular complexity index is 795. The van der Waals surface area contributed by atoms with Gasteiger partial charge in [0.15, 0.2) is 0 Å². The van der Waals surface area contributed by atoms with Crippen molar-refractivity contribution in [1.82, 2.24) is 4.98 Å². The third-order valence-electron chi connectivity index (χ3n) is 4.49. The van der Waals surface area contributed by atoms with Gasteiger partial charge in [-0.3, -0.25) is 0 Å². The summed E-state index contributed by atoms with van der Waals surface area (Å²) in [6.45, 7) is 6.19. The zero-order valence-corrected chi connectivity index (χ0v) is 16.4. The van der Waals surface area contributed by atoms with E-state index < -0.39 is 0 Å². The number of aromatic nitrogens is 1. The van der Waals surface area contributed by atoms with Gasteiger partial charge in [0.25, 0.3) is 0 Å². The first-order valence-corrected chi connectivity index (χ1v) is 9.60. The lowest BCUT2D eigenvalue weighted by molar-refractivity contribution is 0.0244. The highest BCUT2D eigenvalue weighted by molar-refractivity contribution is 5.88. The van der Waals surface area contributed by atoms with E-state index in [4.69, 9.17) is 20.0 Å². The lowest BCUT2D eigenvalue weighted by atomic mass is 10.1. The van der Waals surface area contributed by atoms with Crippen LogP contribution in [0.3, 0.4) is 0 Å². The molecule has 0 amide bonds. The van der Waals surface area contributed by atoms with Crippen LogP contribution in [-0.4, -0.2) is 54.8 Å². The summed E-state index contributed by atoms with van der Waals surface area (Å²) < 4.78 is 11.5. The van der Waals surface area contributed by atoms with Gasteiger partial charge < -0.3 is 30.2 Å². The standard InChI is InChI=1S/C21H28N4O3/c1-15(2)28-18-4-3-16(13-22)20(12-18)24-17-5-7-23-21(11-17)25-8-10-27-19(14-25)6-9-26/h3-5,7,11-13,15,19,22,26H,6,8-10,14H2,1-2H3,(H,23,24). The second-order valence-corrected chi connectivity index (χ2v) is 7.04. The number of aliphatic hydroxyl groups is 1. The van der Waals surface area contributed by atoms with Gasteiger partial charge in [0.1, 0.15) is 11.6 Å². The van der Waals surface area contributed by atoms with E-state index in [2.05, 4.69) is 15.2 Å². The first kappa shape index (κ1) is 20.1. The summed E-state index contributed by atoms with van der Waals surface area (Å²) in [5.41, 5.74) is 2.48. The first-order valence-electron chi connectivity index (χ1n) is 9.60. The van der Waals surface area contributed by atoms with Crippen molar-refractivity contribution >= 4 is 23.4 Å². The van der Waals surface area contributed by atoms with Crippen LogP contribution in [0.2, 0.25) is 0 Å². The van der Waals surface area contributed by atoms with Gasteiger partial charge in [-0.05, 0) is 38.5 Å². The zero-order chi connectivity index (χ0) is 19.9. The van der Waals surface area contributed by atoms with E-state index in [1.54, 1.807) is 6.20 Å². The van der Waals surface area contributed by atoms with Crippen molar-refractivity contribution in [2.75, 3.05) is 36.5 Å². The topological polar surface area (TPSA) is 90.7 Å². The lowest BCUT2D eigenvalue weighted by Gasteiger charge is -2.33. The van der Waals surface area contributed by atoms with Gasteiger partial charge in [-0.15, -0.1) is 0 Å². The van der Waals surface area contributed by atoms with Crippen LogP contribution in [-0.2, 0) is 4.74 Å². The summed E-state index contributed by atoms with van der Waals surface area (Å²) in [6.07, 6.45) is 3.82. The molecule has 150 valence electrons. The molecule has 0 radical (unpaired) electrons. The van der Waals surface area contributed by atoms with E-state index in [1.165, 1.54) is 6.21 Å². The van der Waals surface area contributed by atoms with Gasteiger partial charge in [-0.25, -0.2) is 4.98 Å². The largest absolute Gasteiger partial charge is 0.491 e. The number of hydrogen-bond donors (Lipinski definition) is 3. The molecule has 0 aliphatic carbocycles. The smallest absolute Gasteiger partial charge is 0.130 e. The quantitative estimate of drug-likeness (QED) is 0.606. The van der Waals surface area contributed by atoms with Crippen LogP contribution in [0.4, 0.5) is 17.2 Å². The predicted molar refractivity (Wildman–Crippen MR) is 111 cm³/mol. The Hall–Kier alpha value is -2.64. The maximum Gasteiger partial charge on any atom is 0.130 e. The van der Waals surface area contributed by atoms with Crippen LogP contribution >= 0.6 is 0 Å². The fraction of sp³-hybridized carbons (Fsp3) is 0.429. The van der Waals surface area contributed by atoms with Gasteiger partial charge in [0, 0.05) is 55.5 Å². The van der Waals surface area contributed by atoms with Crippen molar-refractivity contribution < 1.29 is 14.6 Å². The number of morpholine rings is 1. The Labute approximate surface area is 165 Å². The van der Waals surface area contributed by atoms with Crippen molar-refractivity contribution in [2.24, 2.45) is 0 Å². The van der Waals surface area contributed by atoms with E-state index in [1.807, 2.05) is 44.2 Å². The minimum atomic E-state index is 0.0200. The summed E-state index contributed by atoms with van der Waals surface area (Å²) in [7, 11) is 0. The van der Waals surface area contributed by atoms with E-state index in [0.717, 1.165) is 35.1 Å². The number of anilines is 3. The second-order valence-electron chi connectivity index (χ2n) is 7.04. The SMILES string of the molecule is CC(C)Oc1ccc(C=N)c(Nc2ccnc(N3CCOC(CCO)C3)c2)c1. The molecule has 1 saturated heterocycles. The normalized spacial score (nSPS) is 16.9. The van der Waals surface area contributed by atoms with Gasteiger partial charge in [0.2, 0.25) is 0 Å². The van der Waals surface area contributed by atoms with E-state index in [0.29, 0.717) is 19.6 Å². The molecule has 1 atom stereocenters. The lowest BCUT2D eigenvalue weighted by Crippen LogP contribution is -2.43. The van der Waals surface area contributed by atoms with Crippen LogP contribution in [0.15, 0.2) is 36.5 Å². The molecule has 1 aliphatic rings. The average molecular weight is 384 g/mol. The van der Waals surface area contributed by atoms with Crippen LogP contribution in [0.25, 0.3) is 0 Å². The highest BCUT2D eigenvalue weighted by atomic mass is 16.5. The Morgan fingerprint density at radius 1 is 1.39 bits per heavy atom. The van der Waals surface area contributed by atoms with E-state index in [-0.39, 0.29) is 18.8 Å². The van der Waals surface area contributed by atoms with Gasteiger partial charge in [-0.1, -0.05) is 0 Å². The third kappa shape index (κ3) is 5.21. The molecule has 2 aromatic rings. The molecule has 0 spiro atoms. The van der Waals surface area contributed by atoms with Crippen molar-refractivity contribution in [1.29, 1.82) is 5.41 Å². The Morgan fingerprint density at radius 2 is 2.25 bits per heavy atom. The summed E-state index contributed by atoms with van der Waals surface area (Å²) in [4.78, 5) is 6.67. The van der Waals surface area contributed by atoms with Crippen LogP contribution in [0.1, 0.15) is 25.8 Å². The molecule has 0 bridgehead atoms. The van der Waals surface area contributed by atoms with Crippen molar-refractivity contribution in [3.8, 4) is 5.75 Å². The molecular weight excluding hydrogens is 356 g/mol.